The second-order valence-corrected chi connectivity index (χ2v) is 8.84. The van der Waals surface area contributed by atoms with Gasteiger partial charge in [-0.15, -0.1) is 0 Å². The Labute approximate surface area is 201 Å². The lowest BCUT2D eigenvalue weighted by Crippen LogP contribution is -2.30. The highest BCUT2D eigenvalue weighted by Gasteiger charge is 2.36. The molecular formula is C22H20F3N5O4S. The number of nitrogen functional groups attached to an aromatic ring is 1. The Morgan fingerprint density at radius 1 is 1.23 bits per heavy atom. The maximum Gasteiger partial charge on any atom is 0.265 e. The number of hydrogen-bond acceptors (Lipinski definition) is 9. The molecule has 0 radical (unpaired) electrons. The van der Waals surface area contributed by atoms with Crippen LogP contribution in [0, 0.1) is 5.82 Å². The summed E-state index contributed by atoms with van der Waals surface area (Å²) >= 11 is 0.826. The van der Waals surface area contributed by atoms with Crippen LogP contribution in [0.15, 0.2) is 47.1 Å². The van der Waals surface area contributed by atoms with Crippen molar-refractivity contribution in [3.63, 3.8) is 0 Å². The molecule has 1 saturated carbocycles. The highest BCUT2D eigenvalue weighted by Crippen LogP contribution is 2.37. The minimum atomic E-state index is -2.70. The zero-order valence-corrected chi connectivity index (χ0v) is 19.0. The number of nitrogens with zero attached hydrogens (tertiary/aromatic N) is 3. The van der Waals surface area contributed by atoms with E-state index in [-0.39, 0.29) is 58.8 Å². The molecule has 0 aliphatic heterocycles. The molecule has 35 heavy (non-hydrogen) atoms. The molecule has 1 aromatic carbocycles. The lowest BCUT2D eigenvalue weighted by molar-refractivity contribution is -0.114. The standard InChI is InChI=1S/C22H20F3N5O4S/c1-11(20(27)32)30(13-4-2-12(23)3-5-13)21-28-19(26)18(35-21)17(31)15-10-16(29-34-15)33-14-6-8-22(24,25)9-7-14/h2-5,10,14H,1,6-9,26H2,(H2,27,32). The largest absolute Gasteiger partial charge is 0.472 e. The van der Waals surface area contributed by atoms with Crippen LogP contribution in [-0.4, -0.2) is 33.9 Å². The highest BCUT2D eigenvalue weighted by molar-refractivity contribution is 7.18. The van der Waals surface area contributed by atoms with Gasteiger partial charge in [0.25, 0.3) is 11.8 Å². The van der Waals surface area contributed by atoms with Gasteiger partial charge in [-0.2, -0.15) is 0 Å². The summed E-state index contributed by atoms with van der Waals surface area (Å²) in [6.45, 7) is 3.65. The van der Waals surface area contributed by atoms with Crippen LogP contribution in [-0.2, 0) is 4.79 Å². The van der Waals surface area contributed by atoms with Crippen LogP contribution in [0.4, 0.5) is 29.8 Å². The van der Waals surface area contributed by atoms with Crippen molar-refractivity contribution in [1.29, 1.82) is 0 Å². The van der Waals surface area contributed by atoms with E-state index in [9.17, 15) is 22.8 Å². The summed E-state index contributed by atoms with van der Waals surface area (Å²) in [7, 11) is 0. The van der Waals surface area contributed by atoms with Gasteiger partial charge in [0, 0.05) is 18.5 Å². The maximum absolute atomic E-state index is 13.4. The molecule has 0 atom stereocenters. The molecule has 3 aromatic rings. The van der Waals surface area contributed by atoms with Crippen molar-refractivity contribution in [2.24, 2.45) is 5.73 Å². The fourth-order valence-electron chi connectivity index (χ4n) is 3.50. The minimum Gasteiger partial charge on any atom is -0.472 e. The normalized spacial score (nSPS) is 15.5. The molecule has 1 aliphatic carbocycles. The number of carbonyl (C=O) groups is 2. The highest BCUT2D eigenvalue weighted by atomic mass is 32.1. The molecule has 184 valence electrons. The molecule has 1 aliphatic rings. The summed E-state index contributed by atoms with van der Waals surface area (Å²) in [5.74, 6) is -5.10. The van der Waals surface area contributed by atoms with Crippen LogP contribution in [0.25, 0.3) is 0 Å². The number of ketones is 1. The van der Waals surface area contributed by atoms with E-state index >= 15 is 0 Å². The second-order valence-electron chi connectivity index (χ2n) is 7.87. The van der Waals surface area contributed by atoms with E-state index in [4.69, 9.17) is 20.7 Å². The maximum atomic E-state index is 13.4. The van der Waals surface area contributed by atoms with E-state index < -0.39 is 29.5 Å². The molecule has 0 unspecified atom stereocenters. The molecule has 2 aromatic heterocycles. The number of benzene rings is 1. The SMILES string of the molecule is C=C(C(N)=O)N(c1ccc(F)cc1)c1nc(N)c(C(=O)c2cc(OC3CCC(F)(F)CC3)no2)s1. The summed E-state index contributed by atoms with van der Waals surface area (Å²) in [4.78, 5) is 30.2. The van der Waals surface area contributed by atoms with Gasteiger partial charge in [-0.05, 0) is 42.3 Å². The van der Waals surface area contributed by atoms with Gasteiger partial charge in [-0.3, -0.25) is 14.5 Å². The Bertz CT molecular complexity index is 1260. The van der Waals surface area contributed by atoms with Gasteiger partial charge in [-0.1, -0.05) is 17.9 Å². The number of halogens is 3. The van der Waals surface area contributed by atoms with Gasteiger partial charge in [-0.25, -0.2) is 18.2 Å². The molecule has 1 fully saturated rings. The fourth-order valence-corrected chi connectivity index (χ4v) is 4.47. The Morgan fingerprint density at radius 3 is 2.51 bits per heavy atom. The van der Waals surface area contributed by atoms with E-state index in [1.54, 1.807) is 0 Å². The number of anilines is 3. The van der Waals surface area contributed by atoms with Gasteiger partial charge >= 0.3 is 0 Å². The molecule has 0 saturated heterocycles. The fraction of sp³-hybridized carbons (Fsp3) is 0.273. The molecule has 13 heteroatoms. The molecule has 2 heterocycles. The van der Waals surface area contributed by atoms with Crippen molar-refractivity contribution in [3.05, 3.63) is 59.1 Å². The Kier molecular flexibility index (Phi) is 6.52. The number of alkyl halides is 2. The van der Waals surface area contributed by atoms with E-state index in [1.165, 1.54) is 35.2 Å². The molecule has 4 N–H and O–H groups in total. The first-order chi connectivity index (χ1) is 16.5. The molecule has 1 amide bonds. The van der Waals surface area contributed by atoms with Crippen LogP contribution in [0.5, 0.6) is 5.88 Å². The van der Waals surface area contributed by atoms with E-state index in [1.807, 2.05) is 0 Å². The lowest BCUT2D eigenvalue weighted by Gasteiger charge is -2.27. The number of primary amides is 1. The van der Waals surface area contributed by atoms with Gasteiger partial charge in [0.05, 0.1) is 6.07 Å². The molecule has 0 bridgehead atoms. The number of aromatic nitrogens is 2. The van der Waals surface area contributed by atoms with Crippen LogP contribution >= 0.6 is 11.3 Å². The summed E-state index contributed by atoms with van der Waals surface area (Å²) in [5.41, 5.74) is 11.5. The van der Waals surface area contributed by atoms with Crippen molar-refractivity contribution < 1.29 is 32.0 Å². The Balaban J connectivity index is 1.55. The average molecular weight is 507 g/mol. The number of rotatable bonds is 8. The summed E-state index contributed by atoms with van der Waals surface area (Å²) in [6, 6.07) is 6.34. The van der Waals surface area contributed by atoms with Crippen LogP contribution in [0.3, 0.4) is 0 Å². The van der Waals surface area contributed by atoms with Crippen LogP contribution in [0.2, 0.25) is 0 Å². The average Bonchev–Trinajstić information content (AvgIpc) is 3.43. The zero-order valence-electron chi connectivity index (χ0n) is 18.2. The number of carbonyl (C=O) groups excluding carboxylic acids is 2. The Morgan fingerprint density at radius 2 is 1.89 bits per heavy atom. The molecular weight excluding hydrogens is 487 g/mol. The smallest absolute Gasteiger partial charge is 0.265 e. The number of thiazole rings is 1. The molecule has 9 nitrogen and oxygen atoms in total. The minimum absolute atomic E-state index is 0.0121. The van der Waals surface area contributed by atoms with Crippen molar-refractivity contribution in [2.75, 3.05) is 10.6 Å². The third-order valence-corrected chi connectivity index (χ3v) is 6.40. The van der Waals surface area contributed by atoms with Crippen LogP contribution in [0.1, 0.15) is 41.1 Å². The number of ether oxygens (including phenoxy) is 1. The van der Waals surface area contributed by atoms with Crippen molar-refractivity contribution >= 4 is 39.7 Å². The van der Waals surface area contributed by atoms with Gasteiger partial charge in [0.15, 0.2) is 5.13 Å². The second kappa shape index (κ2) is 9.41. The van der Waals surface area contributed by atoms with Gasteiger partial charge < -0.3 is 20.7 Å². The summed E-state index contributed by atoms with van der Waals surface area (Å²) < 4.78 is 50.7. The van der Waals surface area contributed by atoms with E-state index in [2.05, 4.69) is 16.7 Å². The van der Waals surface area contributed by atoms with E-state index in [0.717, 1.165) is 11.3 Å². The predicted octanol–water partition coefficient (Wildman–Crippen LogP) is 4.18. The third-order valence-electron chi connectivity index (χ3n) is 5.34. The predicted molar refractivity (Wildman–Crippen MR) is 121 cm³/mol. The summed E-state index contributed by atoms with van der Waals surface area (Å²) in [6.07, 6.45) is -0.744. The quantitative estimate of drug-likeness (QED) is 0.342. The number of nitrogens with two attached hydrogens (primary N) is 2. The zero-order chi connectivity index (χ0) is 25.3. The lowest BCUT2D eigenvalue weighted by atomic mass is 9.94. The van der Waals surface area contributed by atoms with Crippen molar-refractivity contribution in [1.82, 2.24) is 10.1 Å². The van der Waals surface area contributed by atoms with Gasteiger partial charge in [0.2, 0.25) is 17.5 Å². The van der Waals surface area contributed by atoms with Gasteiger partial charge in [0.1, 0.15) is 28.3 Å². The first-order valence-corrected chi connectivity index (χ1v) is 11.2. The first kappa shape index (κ1) is 24.3. The number of hydrogen-bond donors (Lipinski definition) is 2. The molecule has 0 spiro atoms. The Hall–Kier alpha value is -3.87. The van der Waals surface area contributed by atoms with Crippen LogP contribution < -0.4 is 21.1 Å². The molecule has 4 rings (SSSR count). The monoisotopic (exact) mass is 507 g/mol. The van der Waals surface area contributed by atoms with Crippen molar-refractivity contribution in [3.8, 4) is 5.88 Å². The van der Waals surface area contributed by atoms with Crippen molar-refractivity contribution in [2.45, 2.75) is 37.7 Å². The topological polar surface area (TPSA) is 138 Å². The third kappa shape index (κ3) is 5.29. The van der Waals surface area contributed by atoms with E-state index in [0.29, 0.717) is 5.69 Å². The number of amides is 1. The first-order valence-electron chi connectivity index (χ1n) is 10.4. The summed E-state index contributed by atoms with van der Waals surface area (Å²) in [5, 5.41) is 3.77.